The minimum absolute atomic E-state index is 0.184. The number of nitrogens with one attached hydrogen (secondary N) is 1. The highest BCUT2D eigenvalue weighted by molar-refractivity contribution is 5.83. The third-order valence-corrected chi connectivity index (χ3v) is 4.97. The molecule has 1 heterocycles. The summed E-state index contributed by atoms with van der Waals surface area (Å²) in [6, 6.07) is -0.671. The highest BCUT2D eigenvalue weighted by Crippen LogP contribution is 2.34. The van der Waals surface area contributed by atoms with E-state index in [4.69, 9.17) is 0 Å². The first-order valence-corrected chi connectivity index (χ1v) is 8.35. The van der Waals surface area contributed by atoms with E-state index >= 15 is 0 Å². The lowest BCUT2D eigenvalue weighted by Crippen LogP contribution is -2.55. The lowest BCUT2D eigenvalue weighted by atomic mass is 9.89. The van der Waals surface area contributed by atoms with Crippen molar-refractivity contribution in [2.75, 3.05) is 6.54 Å². The fourth-order valence-electron chi connectivity index (χ4n) is 3.23. The molecule has 5 heteroatoms. The van der Waals surface area contributed by atoms with Crippen molar-refractivity contribution < 1.29 is 14.7 Å². The quantitative estimate of drug-likeness (QED) is 0.792. The summed E-state index contributed by atoms with van der Waals surface area (Å²) < 4.78 is 0. The van der Waals surface area contributed by atoms with E-state index in [-0.39, 0.29) is 12.1 Å². The number of hydrogen-bond donors (Lipinski definition) is 2. The summed E-state index contributed by atoms with van der Waals surface area (Å²) >= 11 is 0. The largest absolute Gasteiger partial charge is 0.480 e. The van der Waals surface area contributed by atoms with Crippen LogP contribution < -0.4 is 5.32 Å². The van der Waals surface area contributed by atoms with Gasteiger partial charge in [-0.15, -0.1) is 0 Å². The van der Waals surface area contributed by atoms with Crippen LogP contribution in [0.25, 0.3) is 0 Å². The number of hydrogen-bond acceptors (Lipinski definition) is 2. The van der Waals surface area contributed by atoms with E-state index in [0.29, 0.717) is 18.9 Å². The molecule has 0 spiro atoms. The van der Waals surface area contributed by atoms with Crippen molar-refractivity contribution in [3.63, 3.8) is 0 Å². The molecule has 21 heavy (non-hydrogen) atoms. The Morgan fingerprint density at radius 2 is 1.95 bits per heavy atom. The van der Waals surface area contributed by atoms with Gasteiger partial charge in [0.15, 0.2) is 0 Å². The Bertz CT molecular complexity index is 382. The van der Waals surface area contributed by atoms with Crippen molar-refractivity contribution in [1.82, 2.24) is 10.2 Å². The summed E-state index contributed by atoms with van der Waals surface area (Å²) in [5.74, 6) is 0.304. The molecule has 2 aliphatic rings. The van der Waals surface area contributed by atoms with Gasteiger partial charge in [0.05, 0.1) is 0 Å². The van der Waals surface area contributed by atoms with Crippen LogP contribution in [0.4, 0.5) is 4.79 Å². The summed E-state index contributed by atoms with van der Waals surface area (Å²) in [7, 11) is 0. The van der Waals surface area contributed by atoms with Gasteiger partial charge in [-0.25, -0.2) is 9.59 Å². The maximum atomic E-state index is 12.4. The van der Waals surface area contributed by atoms with Crippen LogP contribution in [0.3, 0.4) is 0 Å². The molecule has 0 aromatic rings. The molecule has 1 aliphatic heterocycles. The predicted octanol–water partition coefficient (Wildman–Crippen LogP) is 2.85. The minimum atomic E-state index is -0.876. The van der Waals surface area contributed by atoms with Gasteiger partial charge in [0, 0.05) is 12.6 Å². The van der Waals surface area contributed by atoms with Crippen LogP contribution in [0, 0.1) is 11.8 Å². The van der Waals surface area contributed by atoms with Gasteiger partial charge in [0.1, 0.15) is 6.04 Å². The molecule has 0 bridgehead atoms. The summed E-state index contributed by atoms with van der Waals surface area (Å²) in [6.45, 7) is 4.72. The number of amides is 2. The van der Waals surface area contributed by atoms with E-state index in [9.17, 15) is 14.7 Å². The third kappa shape index (κ3) is 4.35. The van der Waals surface area contributed by atoms with Crippen LogP contribution in [0.15, 0.2) is 0 Å². The first-order valence-electron chi connectivity index (χ1n) is 8.35. The lowest BCUT2D eigenvalue weighted by Gasteiger charge is -2.37. The summed E-state index contributed by atoms with van der Waals surface area (Å²) in [5, 5.41) is 12.4. The highest BCUT2D eigenvalue weighted by atomic mass is 16.4. The van der Waals surface area contributed by atoms with Crippen LogP contribution in [-0.2, 0) is 4.79 Å². The third-order valence-electron chi connectivity index (χ3n) is 4.97. The first kappa shape index (κ1) is 16.1. The molecule has 1 saturated heterocycles. The van der Waals surface area contributed by atoms with Gasteiger partial charge in [-0.2, -0.15) is 0 Å². The number of aliphatic carboxylic acids is 1. The number of rotatable bonds is 6. The molecule has 2 fully saturated rings. The number of urea groups is 1. The highest BCUT2D eigenvalue weighted by Gasteiger charge is 2.36. The van der Waals surface area contributed by atoms with Crippen LogP contribution in [0.1, 0.15) is 58.8 Å². The molecule has 3 atom stereocenters. The number of carbonyl (C=O) groups excluding carboxylic acids is 1. The van der Waals surface area contributed by atoms with E-state index in [0.717, 1.165) is 31.6 Å². The SMILES string of the molecule is CCC1CCN(C(=O)NC(CC)CC2CC2)C(C(=O)O)C1. The average Bonchev–Trinajstić information content (AvgIpc) is 3.29. The van der Waals surface area contributed by atoms with Crippen molar-refractivity contribution >= 4 is 12.0 Å². The molecule has 1 aliphatic carbocycles. The van der Waals surface area contributed by atoms with E-state index in [1.54, 1.807) is 0 Å². The Kier molecular flexibility index (Phi) is 5.48. The zero-order chi connectivity index (χ0) is 15.4. The van der Waals surface area contributed by atoms with Gasteiger partial charge in [-0.3, -0.25) is 0 Å². The maximum absolute atomic E-state index is 12.4. The van der Waals surface area contributed by atoms with Crippen molar-refractivity contribution in [2.24, 2.45) is 11.8 Å². The fourth-order valence-corrected chi connectivity index (χ4v) is 3.23. The van der Waals surface area contributed by atoms with Gasteiger partial charge in [-0.1, -0.05) is 33.1 Å². The molecule has 0 aromatic carbocycles. The van der Waals surface area contributed by atoms with Crippen LogP contribution in [-0.4, -0.2) is 40.6 Å². The second kappa shape index (κ2) is 7.14. The monoisotopic (exact) mass is 296 g/mol. The summed E-state index contributed by atoms with van der Waals surface area (Å²) in [5.41, 5.74) is 0. The molecule has 2 rings (SSSR count). The number of piperidine rings is 1. The second-order valence-electron chi connectivity index (χ2n) is 6.58. The zero-order valence-corrected chi connectivity index (χ0v) is 13.2. The molecular weight excluding hydrogens is 268 g/mol. The normalized spacial score (nSPS) is 27.2. The number of carbonyl (C=O) groups is 2. The summed E-state index contributed by atoms with van der Waals surface area (Å²) in [6.07, 6.45) is 6.96. The minimum Gasteiger partial charge on any atom is -0.480 e. The molecule has 2 N–H and O–H groups in total. The van der Waals surface area contributed by atoms with Gasteiger partial charge in [-0.05, 0) is 37.5 Å². The molecule has 0 aromatic heterocycles. The van der Waals surface area contributed by atoms with Gasteiger partial charge in [0.25, 0.3) is 0 Å². The Hall–Kier alpha value is -1.26. The molecule has 120 valence electrons. The Labute approximate surface area is 127 Å². The Morgan fingerprint density at radius 1 is 1.24 bits per heavy atom. The summed E-state index contributed by atoms with van der Waals surface area (Å²) in [4.78, 5) is 25.4. The molecule has 5 nitrogen and oxygen atoms in total. The fraction of sp³-hybridized carbons (Fsp3) is 0.875. The molecule has 0 radical (unpaired) electrons. The van der Waals surface area contributed by atoms with Gasteiger partial charge < -0.3 is 15.3 Å². The van der Waals surface area contributed by atoms with E-state index in [1.165, 1.54) is 17.7 Å². The smallest absolute Gasteiger partial charge is 0.326 e. The number of likely N-dealkylation sites (tertiary alicyclic amines) is 1. The van der Waals surface area contributed by atoms with Crippen molar-refractivity contribution in [2.45, 2.75) is 70.9 Å². The molecule has 2 amide bonds. The van der Waals surface area contributed by atoms with Gasteiger partial charge in [0.2, 0.25) is 0 Å². The average molecular weight is 296 g/mol. The van der Waals surface area contributed by atoms with Crippen LogP contribution in [0.5, 0.6) is 0 Å². The van der Waals surface area contributed by atoms with E-state index in [1.807, 2.05) is 0 Å². The van der Waals surface area contributed by atoms with Crippen molar-refractivity contribution in [3.05, 3.63) is 0 Å². The van der Waals surface area contributed by atoms with Crippen molar-refractivity contribution in [1.29, 1.82) is 0 Å². The first-order chi connectivity index (χ1) is 10.0. The van der Waals surface area contributed by atoms with Crippen LogP contribution in [0.2, 0.25) is 0 Å². The van der Waals surface area contributed by atoms with E-state index < -0.39 is 12.0 Å². The predicted molar refractivity (Wildman–Crippen MR) is 81.1 cm³/mol. The molecular formula is C16H28N2O3. The molecule has 1 saturated carbocycles. The lowest BCUT2D eigenvalue weighted by molar-refractivity contribution is -0.144. The second-order valence-corrected chi connectivity index (χ2v) is 6.58. The number of carboxylic acid groups (broad SMARTS) is 1. The standard InChI is InChI=1S/C16H28N2O3/c1-3-11-7-8-18(14(10-11)15(19)20)16(21)17-13(4-2)9-12-5-6-12/h11-14H,3-10H2,1-2H3,(H,17,21)(H,19,20). The van der Waals surface area contributed by atoms with E-state index in [2.05, 4.69) is 19.2 Å². The zero-order valence-electron chi connectivity index (χ0n) is 13.2. The number of nitrogens with zero attached hydrogens (tertiary/aromatic N) is 1. The van der Waals surface area contributed by atoms with Gasteiger partial charge >= 0.3 is 12.0 Å². The molecule has 3 unspecified atom stereocenters. The Balaban J connectivity index is 1.93. The Morgan fingerprint density at radius 3 is 2.48 bits per heavy atom. The number of carboxylic acids is 1. The van der Waals surface area contributed by atoms with Crippen molar-refractivity contribution in [3.8, 4) is 0 Å². The van der Waals surface area contributed by atoms with Crippen LogP contribution >= 0.6 is 0 Å². The topological polar surface area (TPSA) is 69.6 Å². The maximum Gasteiger partial charge on any atom is 0.326 e.